The molecule has 8 heteroatoms. The van der Waals surface area contributed by atoms with E-state index in [1.165, 1.54) is 22.5 Å². The summed E-state index contributed by atoms with van der Waals surface area (Å²) in [4.78, 5) is 41.7. The zero-order valence-corrected chi connectivity index (χ0v) is 14.7. The molecule has 27 heavy (non-hydrogen) atoms. The second-order valence-corrected chi connectivity index (χ2v) is 6.21. The van der Waals surface area contributed by atoms with E-state index in [-0.39, 0.29) is 11.2 Å². The molecule has 0 aliphatic carbocycles. The fourth-order valence-electron chi connectivity index (χ4n) is 3.10. The van der Waals surface area contributed by atoms with E-state index in [2.05, 4.69) is 4.98 Å². The van der Waals surface area contributed by atoms with Crippen molar-refractivity contribution in [2.45, 2.75) is 6.54 Å². The van der Waals surface area contributed by atoms with E-state index in [1.54, 1.807) is 19.2 Å². The average molecular weight is 364 g/mol. The second-order valence-electron chi connectivity index (χ2n) is 6.21. The van der Waals surface area contributed by atoms with Crippen LogP contribution in [-0.2, 0) is 25.4 Å². The van der Waals surface area contributed by atoms with Gasteiger partial charge in [-0.3, -0.25) is 9.36 Å². The number of esters is 1. The van der Waals surface area contributed by atoms with E-state index in [0.29, 0.717) is 5.75 Å². The second kappa shape index (κ2) is 6.24. The summed E-state index contributed by atoms with van der Waals surface area (Å²) in [5.74, 6) is -0.323. The number of imidazole rings is 1. The Labute approximate surface area is 152 Å². The predicted octanol–water partition coefficient (Wildman–Crippen LogP) is 1.19. The Morgan fingerprint density at radius 1 is 1.07 bits per heavy atom. The molecule has 0 saturated carbocycles. The fourth-order valence-corrected chi connectivity index (χ4v) is 3.10. The fraction of sp³-hybridized carbons (Fsp3) is 0.158. The maximum absolute atomic E-state index is 12.7. The molecular formula is C19H16N4O4. The number of hydrogen-bond acceptors (Lipinski definition) is 5. The van der Waals surface area contributed by atoms with Crippen LogP contribution >= 0.6 is 0 Å². The van der Waals surface area contributed by atoms with Crippen LogP contribution < -0.4 is 16.0 Å². The first-order valence-electron chi connectivity index (χ1n) is 8.26. The van der Waals surface area contributed by atoms with Crippen LogP contribution in [0.15, 0.2) is 58.4 Å². The standard InChI is InChI=1S/C19H16N4O4/c1-21-11-20-17-16(21)18(25)23(19(26)22(17)2)10-15(24)27-14-9-5-7-12-6-3-4-8-13(12)14/h3-9,11H,10H2,1-2H3. The molecule has 0 unspecified atom stereocenters. The number of carbonyl (C=O) groups excluding carboxylic acids is 1. The van der Waals surface area contributed by atoms with Gasteiger partial charge in [0.2, 0.25) is 0 Å². The van der Waals surface area contributed by atoms with Crippen LogP contribution in [0.1, 0.15) is 0 Å². The van der Waals surface area contributed by atoms with Crippen LogP contribution in [0.25, 0.3) is 21.9 Å². The lowest BCUT2D eigenvalue weighted by Gasteiger charge is -2.10. The van der Waals surface area contributed by atoms with Gasteiger partial charge in [0.25, 0.3) is 5.56 Å². The van der Waals surface area contributed by atoms with Gasteiger partial charge in [-0.25, -0.2) is 19.1 Å². The smallest absolute Gasteiger partial charge is 0.333 e. The number of nitrogens with zero attached hydrogens (tertiary/aromatic N) is 4. The third-order valence-electron chi connectivity index (χ3n) is 4.46. The highest BCUT2D eigenvalue weighted by Crippen LogP contribution is 2.25. The first-order chi connectivity index (χ1) is 13.0. The van der Waals surface area contributed by atoms with Crippen molar-refractivity contribution in [1.82, 2.24) is 18.7 Å². The van der Waals surface area contributed by atoms with Crippen LogP contribution in [-0.4, -0.2) is 24.7 Å². The van der Waals surface area contributed by atoms with E-state index < -0.39 is 23.8 Å². The topological polar surface area (TPSA) is 88.1 Å². The van der Waals surface area contributed by atoms with Crippen molar-refractivity contribution < 1.29 is 9.53 Å². The van der Waals surface area contributed by atoms with Gasteiger partial charge in [-0.1, -0.05) is 36.4 Å². The lowest BCUT2D eigenvalue weighted by Crippen LogP contribution is -2.42. The van der Waals surface area contributed by atoms with Crippen molar-refractivity contribution >= 4 is 27.9 Å². The molecule has 4 aromatic rings. The molecule has 0 fully saturated rings. The minimum atomic E-state index is -0.702. The molecule has 0 saturated heterocycles. The molecule has 0 bridgehead atoms. The number of aromatic nitrogens is 4. The maximum atomic E-state index is 12.7. The number of rotatable bonds is 3. The minimum absolute atomic E-state index is 0.245. The molecule has 0 atom stereocenters. The van der Waals surface area contributed by atoms with E-state index in [9.17, 15) is 14.4 Å². The lowest BCUT2D eigenvalue weighted by atomic mass is 10.1. The van der Waals surface area contributed by atoms with Crippen LogP contribution in [0.4, 0.5) is 0 Å². The Morgan fingerprint density at radius 2 is 1.81 bits per heavy atom. The van der Waals surface area contributed by atoms with Crippen LogP contribution in [0.3, 0.4) is 0 Å². The van der Waals surface area contributed by atoms with E-state index in [1.807, 2.05) is 30.3 Å². The van der Waals surface area contributed by atoms with Gasteiger partial charge in [0.05, 0.1) is 6.33 Å². The van der Waals surface area contributed by atoms with Gasteiger partial charge >= 0.3 is 11.7 Å². The van der Waals surface area contributed by atoms with Gasteiger partial charge in [-0.2, -0.15) is 0 Å². The molecular weight excluding hydrogens is 348 g/mol. The summed E-state index contributed by atoms with van der Waals surface area (Å²) in [5.41, 5.74) is -0.690. The van der Waals surface area contributed by atoms with Gasteiger partial charge in [0, 0.05) is 19.5 Å². The highest BCUT2D eigenvalue weighted by molar-refractivity contribution is 5.90. The molecule has 0 spiro atoms. The Balaban J connectivity index is 1.72. The highest BCUT2D eigenvalue weighted by Gasteiger charge is 2.18. The molecule has 0 aliphatic rings. The molecule has 0 aliphatic heterocycles. The van der Waals surface area contributed by atoms with Crippen molar-refractivity contribution in [2.24, 2.45) is 14.1 Å². The molecule has 136 valence electrons. The first kappa shape index (κ1) is 16.8. The molecule has 0 N–H and O–H groups in total. The first-order valence-corrected chi connectivity index (χ1v) is 8.26. The van der Waals surface area contributed by atoms with Crippen molar-refractivity contribution in [3.05, 3.63) is 69.6 Å². The Bertz CT molecular complexity index is 1310. The molecule has 0 radical (unpaired) electrons. The average Bonchev–Trinajstić information content (AvgIpc) is 3.05. The summed E-state index contributed by atoms with van der Waals surface area (Å²) in [5, 5.41) is 1.70. The zero-order chi connectivity index (χ0) is 19.1. The Kier molecular flexibility index (Phi) is 3.88. The quantitative estimate of drug-likeness (QED) is 0.403. The molecule has 8 nitrogen and oxygen atoms in total. The van der Waals surface area contributed by atoms with Gasteiger partial charge < -0.3 is 9.30 Å². The monoisotopic (exact) mass is 364 g/mol. The molecule has 2 aromatic carbocycles. The van der Waals surface area contributed by atoms with Gasteiger partial charge in [-0.05, 0) is 11.5 Å². The van der Waals surface area contributed by atoms with Gasteiger partial charge in [0.15, 0.2) is 11.2 Å². The maximum Gasteiger partial charge on any atom is 0.333 e. The number of carbonyl (C=O) groups is 1. The van der Waals surface area contributed by atoms with E-state index in [0.717, 1.165) is 15.3 Å². The number of hydrogen-bond donors (Lipinski definition) is 0. The third kappa shape index (κ3) is 2.71. The van der Waals surface area contributed by atoms with E-state index >= 15 is 0 Å². The number of aryl methyl sites for hydroxylation is 2. The Hall–Kier alpha value is -3.68. The largest absolute Gasteiger partial charge is 0.425 e. The number of fused-ring (bicyclic) bond motifs is 2. The summed E-state index contributed by atoms with van der Waals surface area (Å²) in [6.45, 7) is -0.490. The normalized spacial score (nSPS) is 11.2. The van der Waals surface area contributed by atoms with Gasteiger partial charge in [0.1, 0.15) is 12.3 Å². The van der Waals surface area contributed by atoms with Crippen LogP contribution in [0.5, 0.6) is 5.75 Å². The summed E-state index contributed by atoms with van der Waals surface area (Å²) < 4.78 is 9.05. The number of ether oxygens (including phenoxy) is 1. The van der Waals surface area contributed by atoms with Crippen molar-refractivity contribution in [2.75, 3.05) is 0 Å². The highest BCUT2D eigenvalue weighted by atomic mass is 16.5. The van der Waals surface area contributed by atoms with Crippen LogP contribution in [0.2, 0.25) is 0 Å². The van der Waals surface area contributed by atoms with Crippen molar-refractivity contribution in [3.8, 4) is 5.75 Å². The molecule has 2 heterocycles. The van der Waals surface area contributed by atoms with Crippen molar-refractivity contribution in [3.63, 3.8) is 0 Å². The third-order valence-corrected chi connectivity index (χ3v) is 4.46. The van der Waals surface area contributed by atoms with Crippen LogP contribution in [0, 0.1) is 0 Å². The SMILES string of the molecule is Cn1cnc2c1c(=O)n(CC(=O)Oc1cccc3ccccc13)c(=O)n2C. The molecule has 4 rings (SSSR count). The van der Waals surface area contributed by atoms with Gasteiger partial charge in [-0.15, -0.1) is 0 Å². The summed E-state index contributed by atoms with van der Waals surface area (Å²) in [6.07, 6.45) is 1.45. The van der Waals surface area contributed by atoms with E-state index in [4.69, 9.17) is 4.74 Å². The number of benzene rings is 2. The molecule has 0 amide bonds. The summed E-state index contributed by atoms with van der Waals surface area (Å²) in [6, 6.07) is 12.8. The van der Waals surface area contributed by atoms with Crippen molar-refractivity contribution in [1.29, 1.82) is 0 Å². The molecule has 2 aromatic heterocycles. The summed E-state index contributed by atoms with van der Waals surface area (Å²) in [7, 11) is 3.16. The predicted molar refractivity (Wildman–Crippen MR) is 99.8 cm³/mol. The lowest BCUT2D eigenvalue weighted by molar-refractivity contribution is -0.135. The summed E-state index contributed by atoms with van der Waals surface area (Å²) >= 11 is 0. The minimum Gasteiger partial charge on any atom is -0.425 e. The Morgan fingerprint density at radius 3 is 2.63 bits per heavy atom. The zero-order valence-electron chi connectivity index (χ0n) is 14.7.